The second-order valence-electron chi connectivity index (χ2n) is 13.3. The summed E-state index contributed by atoms with van der Waals surface area (Å²) in [6.07, 6.45) is -0.0783. The fourth-order valence-corrected chi connectivity index (χ4v) is 8.38. The molecule has 4 atom stereocenters. The molecular weight excluding hydrogens is 695 g/mol. The first-order valence-corrected chi connectivity index (χ1v) is 18.9. The van der Waals surface area contributed by atoms with Crippen molar-refractivity contribution >= 4 is 8.53 Å². The minimum Gasteiger partial charge on any atom is -0.497 e. The van der Waals surface area contributed by atoms with Crippen LogP contribution in [0.2, 0.25) is 0 Å². The fraction of sp³-hybridized carbons (Fsp3) is 0.425. The number of aryl methyl sites for hydroxylation is 1. The van der Waals surface area contributed by atoms with Crippen LogP contribution in [0.4, 0.5) is 0 Å². The molecule has 1 aliphatic heterocycles. The van der Waals surface area contributed by atoms with E-state index in [4.69, 9.17) is 28.0 Å². The zero-order valence-corrected chi connectivity index (χ0v) is 32.2. The highest BCUT2D eigenvalue weighted by Crippen LogP contribution is 2.50. The number of hydrogen-bond acceptors (Lipinski definition) is 10. The SMILES string of the molecule is COc1ccc(C(OCC2OC(n3cc(C)c(=O)[nH]c3=O)CC2OP(OCCC#N)N(C(C)C)C(C)C)(c2ccccc2)c2ccc(OC)cc2)cc1. The molecule has 0 amide bonds. The van der Waals surface area contributed by atoms with E-state index in [0.29, 0.717) is 17.1 Å². The number of rotatable bonds is 17. The van der Waals surface area contributed by atoms with Crippen LogP contribution in [0.1, 0.15) is 69.0 Å². The minimum atomic E-state index is -1.67. The highest BCUT2D eigenvalue weighted by molar-refractivity contribution is 7.44. The standard InChI is InChI=1S/C40H49N4O8P/c1-27(2)44(28(3)4)53(50-23-11-22-41)52-35-24-37(43-25-29(5)38(45)42-39(43)46)51-36(35)26-49-40(30-12-9-8-10-13-30,31-14-18-33(47-6)19-15-31)32-16-20-34(48-7)21-17-32/h8-10,12-21,25,27-28,35-37H,11,23-24,26H2,1-7H3,(H,42,45,46). The van der Waals surface area contributed by atoms with E-state index >= 15 is 0 Å². The predicted octanol–water partition coefficient (Wildman–Crippen LogP) is 6.82. The number of ether oxygens (including phenoxy) is 4. The lowest BCUT2D eigenvalue weighted by atomic mass is 9.80. The molecule has 3 aromatic carbocycles. The van der Waals surface area contributed by atoms with Gasteiger partial charge in [-0.1, -0.05) is 54.6 Å². The number of benzene rings is 3. The Hall–Kier alpha value is -4.34. The van der Waals surface area contributed by atoms with Gasteiger partial charge < -0.3 is 28.0 Å². The highest BCUT2D eigenvalue weighted by atomic mass is 31.2. The zero-order chi connectivity index (χ0) is 38.1. The third-order valence-electron chi connectivity index (χ3n) is 9.16. The number of nitrogens with zero attached hydrogens (tertiary/aromatic N) is 3. The molecule has 0 bridgehead atoms. The molecule has 1 aliphatic rings. The Bertz CT molecular complexity index is 1870. The van der Waals surface area contributed by atoms with E-state index in [0.717, 1.165) is 16.7 Å². The van der Waals surface area contributed by atoms with Crippen molar-refractivity contribution in [3.63, 3.8) is 0 Å². The van der Waals surface area contributed by atoms with E-state index in [2.05, 4.69) is 43.4 Å². The zero-order valence-electron chi connectivity index (χ0n) is 31.4. The van der Waals surface area contributed by atoms with E-state index in [1.165, 1.54) is 10.8 Å². The van der Waals surface area contributed by atoms with Crippen LogP contribution in [0.5, 0.6) is 11.5 Å². The summed E-state index contributed by atoms with van der Waals surface area (Å²) in [5.41, 5.74) is 0.779. The Balaban J connectivity index is 1.60. The quantitative estimate of drug-likeness (QED) is 0.0697. The maximum Gasteiger partial charge on any atom is 0.330 e. The molecule has 4 aromatic rings. The van der Waals surface area contributed by atoms with E-state index in [-0.39, 0.29) is 38.1 Å². The second kappa shape index (κ2) is 18.1. The summed E-state index contributed by atoms with van der Waals surface area (Å²) >= 11 is 0. The smallest absolute Gasteiger partial charge is 0.330 e. The van der Waals surface area contributed by atoms with E-state index < -0.39 is 43.8 Å². The van der Waals surface area contributed by atoms with Gasteiger partial charge >= 0.3 is 5.69 Å². The number of aromatic amines is 1. The van der Waals surface area contributed by atoms with Gasteiger partial charge in [-0.15, -0.1) is 0 Å². The van der Waals surface area contributed by atoms with Gasteiger partial charge in [0.2, 0.25) is 0 Å². The van der Waals surface area contributed by atoms with Crippen molar-refractivity contribution in [1.29, 1.82) is 5.26 Å². The molecule has 0 saturated carbocycles. The lowest BCUT2D eigenvalue weighted by Crippen LogP contribution is -2.39. The van der Waals surface area contributed by atoms with Crippen LogP contribution in [0, 0.1) is 18.3 Å². The first-order chi connectivity index (χ1) is 25.5. The maximum absolute atomic E-state index is 13.1. The van der Waals surface area contributed by atoms with Gasteiger partial charge in [0.1, 0.15) is 29.4 Å². The summed E-state index contributed by atoms with van der Waals surface area (Å²) in [7, 11) is 1.59. The average Bonchev–Trinajstić information content (AvgIpc) is 3.56. The lowest BCUT2D eigenvalue weighted by Gasteiger charge is -2.39. The van der Waals surface area contributed by atoms with Crippen LogP contribution in [0.15, 0.2) is 94.6 Å². The Labute approximate surface area is 312 Å². The lowest BCUT2D eigenvalue weighted by molar-refractivity contribution is -0.0926. The molecule has 12 nitrogen and oxygen atoms in total. The number of nitrogens with one attached hydrogen (secondary N) is 1. The van der Waals surface area contributed by atoms with Crippen molar-refractivity contribution in [3.05, 3.63) is 128 Å². The molecule has 53 heavy (non-hydrogen) atoms. The minimum absolute atomic E-state index is 0.0376. The Kier molecular flexibility index (Phi) is 13.6. The van der Waals surface area contributed by atoms with Crippen LogP contribution < -0.4 is 20.7 Å². The predicted molar refractivity (Wildman–Crippen MR) is 203 cm³/mol. The van der Waals surface area contributed by atoms with Crippen molar-refractivity contribution in [2.75, 3.05) is 27.4 Å². The molecular formula is C40H49N4O8P. The monoisotopic (exact) mass is 744 g/mol. The normalized spacial score (nSPS) is 18.0. The van der Waals surface area contributed by atoms with Crippen molar-refractivity contribution in [2.45, 2.75) is 83.6 Å². The van der Waals surface area contributed by atoms with Gasteiger partial charge in [0.25, 0.3) is 14.1 Å². The highest BCUT2D eigenvalue weighted by Gasteiger charge is 2.45. The van der Waals surface area contributed by atoms with E-state index in [1.807, 2.05) is 78.9 Å². The molecule has 1 fully saturated rings. The number of hydrogen-bond donors (Lipinski definition) is 1. The molecule has 1 aromatic heterocycles. The van der Waals surface area contributed by atoms with E-state index in [1.54, 1.807) is 21.1 Å². The summed E-state index contributed by atoms with van der Waals surface area (Å²) < 4.78 is 41.6. The van der Waals surface area contributed by atoms with Crippen molar-refractivity contribution in [3.8, 4) is 17.6 Å². The Morgan fingerprint density at radius 2 is 1.49 bits per heavy atom. The second-order valence-corrected chi connectivity index (χ2v) is 14.8. The Morgan fingerprint density at radius 1 is 0.925 bits per heavy atom. The fourth-order valence-electron chi connectivity index (χ4n) is 6.62. The maximum atomic E-state index is 13.1. The van der Waals surface area contributed by atoms with Crippen molar-refractivity contribution in [1.82, 2.24) is 14.2 Å². The van der Waals surface area contributed by atoms with Gasteiger partial charge in [0.05, 0.1) is 46.0 Å². The molecule has 0 radical (unpaired) electrons. The largest absolute Gasteiger partial charge is 0.497 e. The van der Waals surface area contributed by atoms with Gasteiger partial charge in [-0.05, 0) is 75.6 Å². The third kappa shape index (κ3) is 9.07. The van der Waals surface area contributed by atoms with Crippen LogP contribution in [0.3, 0.4) is 0 Å². The molecule has 1 saturated heterocycles. The van der Waals surface area contributed by atoms with Gasteiger partial charge in [-0.25, -0.2) is 9.46 Å². The molecule has 0 aliphatic carbocycles. The molecule has 13 heteroatoms. The van der Waals surface area contributed by atoms with Crippen LogP contribution in [0.25, 0.3) is 0 Å². The van der Waals surface area contributed by atoms with Gasteiger partial charge in [0, 0.05) is 30.3 Å². The van der Waals surface area contributed by atoms with Gasteiger partial charge in [-0.2, -0.15) is 5.26 Å². The number of methoxy groups -OCH3 is 2. The first-order valence-electron chi connectivity index (χ1n) is 17.7. The average molecular weight is 745 g/mol. The number of aromatic nitrogens is 2. The number of H-pyrrole nitrogens is 1. The topological polar surface area (TPSA) is 137 Å². The van der Waals surface area contributed by atoms with Crippen LogP contribution >= 0.6 is 8.53 Å². The molecule has 4 unspecified atom stereocenters. The molecule has 0 spiro atoms. The van der Waals surface area contributed by atoms with Gasteiger partial charge in [0.15, 0.2) is 0 Å². The van der Waals surface area contributed by atoms with Crippen LogP contribution in [-0.4, -0.2) is 65.9 Å². The number of nitriles is 1. The molecule has 282 valence electrons. The van der Waals surface area contributed by atoms with E-state index in [9.17, 15) is 14.9 Å². The van der Waals surface area contributed by atoms with Gasteiger partial charge in [-0.3, -0.25) is 14.3 Å². The summed E-state index contributed by atoms with van der Waals surface area (Å²) in [6, 6.07) is 27.8. The summed E-state index contributed by atoms with van der Waals surface area (Å²) in [6.45, 7) is 10.2. The molecule has 1 N–H and O–H groups in total. The Morgan fingerprint density at radius 3 is 2.02 bits per heavy atom. The first kappa shape index (κ1) is 39.9. The summed E-state index contributed by atoms with van der Waals surface area (Å²) in [4.78, 5) is 27.8. The molecule has 2 heterocycles. The van der Waals surface area contributed by atoms with Crippen molar-refractivity contribution in [2.24, 2.45) is 0 Å². The summed E-state index contributed by atoms with van der Waals surface area (Å²) in [5.74, 6) is 1.40. The third-order valence-corrected chi connectivity index (χ3v) is 11.3. The molecule has 5 rings (SSSR count). The van der Waals surface area contributed by atoms with Crippen LogP contribution in [-0.2, 0) is 24.1 Å². The van der Waals surface area contributed by atoms with Crippen molar-refractivity contribution < 1.29 is 28.0 Å². The summed E-state index contributed by atoms with van der Waals surface area (Å²) in [5, 5.41) is 9.29.